The van der Waals surface area contributed by atoms with E-state index in [1.54, 1.807) is 60.8 Å². The molecule has 0 radical (unpaired) electrons. The van der Waals surface area contributed by atoms with E-state index in [4.69, 9.17) is 0 Å². The van der Waals surface area contributed by atoms with Crippen molar-refractivity contribution >= 4 is 40.0 Å². The fraction of sp³-hybridized carbons (Fsp3) is 0.0400. The van der Waals surface area contributed by atoms with Gasteiger partial charge in [-0.3, -0.25) is 19.4 Å². The maximum Gasteiger partial charge on any atom is 0.266 e. The summed E-state index contributed by atoms with van der Waals surface area (Å²) in [5.74, 6) is -1.02. The summed E-state index contributed by atoms with van der Waals surface area (Å²) in [6.07, 6.45) is 1.65. The standard InChI is InChI=1S/C25H17N3O3/c1-15-6-11-21-20(14-15)22(12-13-26-21)27-23(29)16-7-9-17(10-8-16)28-24(30)18-4-2-3-5-19(18)25(28)31/h2-14H,1H3,(H,26,27,29). The zero-order valence-corrected chi connectivity index (χ0v) is 16.6. The van der Waals surface area contributed by atoms with Gasteiger partial charge in [-0.15, -0.1) is 0 Å². The van der Waals surface area contributed by atoms with Gasteiger partial charge in [0.25, 0.3) is 17.7 Å². The number of hydrogen-bond acceptors (Lipinski definition) is 4. The van der Waals surface area contributed by atoms with Crippen molar-refractivity contribution in [3.8, 4) is 0 Å². The van der Waals surface area contributed by atoms with Gasteiger partial charge in [0.15, 0.2) is 0 Å². The Labute approximate surface area is 178 Å². The lowest BCUT2D eigenvalue weighted by molar-refractivity contribution is 0.0925. The number of pyridine rings is 1. The Morgan fingerprint density at radius 3 is 2.23 bits per heavy atom. The molecule has 150 valence electrons. The summed E-state index contributed by atoms with van der Waals surface area (Å²) in [6, 6.07) is 20.8. The molecule has 0 aliphatic carbocycles. The fourth-order valence-electron chi connectivity index (χ4n) is 3.75. The van der Waals surface area contributed by atoms with E-state index in [2.05, 4.69) is 10.3 Å². The van der Waals surface area contributed by atoms with Crippen molar-refractivity contribution in [2.45, 2.75) is 6.92 Å². The largest absolute Gasteiger partial charge is 0.321 e. The van der Waals surface area contributed by atoms with E-state index in [-0.39, 0.29) is 17.7 Å². The van der Waals surface area contributed by atoms with E-state index in [9.17, 15) is 14.4 Å². The number of anilines is 2. The molecule has 5 rings (SSSR count). The second-order valence-electron chi connectivity index (χ2n) is 7.37. The fourth-order valence-corrected chi connectivity index (χ4v) is 3.75. The Kier molecular flexibility index (Phi) is 4.33. The van der Waals surface area contributed by atoms with Gasteiger partial charge < -0.3 is 5.32 Å². The van der Waals surface area contributed by atoms with Crippen LogP contribution in [0.2, 0.25) is 0 Å². The third kappa shape index (κ3) is 3.14. The molecule has 0 saturated carbocycles. The minimum absolute atomic E-state index is 0.289. The van der Waals surface area contributed by atoms with Crippen LogP contribution in [0.1, 0.15) is 36.6 Å². The summed E-state index contributed by atoms with van der Waals surface area (Å²) in [5, 5.41) is 3.78. The average molecular weight is 407 g/mol. The minimum Gasteiger partial charge on any atom is -0.321 e. The highest BCUT2D eigenvalue weighted by Gasteiger charge is 2.36. The Bertz CT molecular complexity index is 1340. The number of imide groups is 1. The number of rotatable bonds is 3. The Balaban J connectivity index is 1.40. The number of amides is 3. The van der Waals surface area contributed by atoms with Crippen LogP contribution < -0.4 is 10.2 Å². The number of fused-ring (bicyclic) bond motifs is 2. The summed E-state index contributed by atoms with van der Waals surface area (Å²) in [5.41, 5.74) is 4.14. The van der Waals surface area contributed by atoms with Crippen LogP contribution >= 0.6 is 0 Å². The van der Waals surface area contributed by atoms with E-state index >= 15 is 0 Å². The van der Waals surface area contributed by atoms with Crippen LogP contribution in [-0.2, 0) is 0 Å². The first-order valence-electron chi connectivity index (χ1n) is 9.77. The van der Waals surface area contributed by atoms with Crippen molar-refractivity contribution in [3.05, 3.63) is 101 Å². The van der Waals surface area contributed by atoms with Crippen LogP contribution in [0.15, 0.2) is 79.0 Å². The van der Waals surface area contributed by atoms with Crippen molar-refractivity contribution in [3.63, 3.8) is 0 Å². The molecule has 0 spiro atoms. The Morgan fingerprint density at radius 1 is 0.871 bits per heavy atom. The van der Waals surface area contributed by atoms with Crippen molar-refractivity contribution in [2.75, 3.05) is 10.2 Å². The average Bonchev–Trinajstić information content (AvgIpc) is 3.04. The predicted octanol–water partition coefficient (Wildman–Crippen LogP) is 4.60. The van der Waals surface area contributed by atoms with Gasteiger partial charge in [-0.1, -0.05) is 23.8 Å². The molecule has 6 nitrogen and oxygen atoms in total. The third-order valence-corrected chi connectivity index (χ3v) is 5.33. The van der Waals surface area contributed by atoms with Crippen molar-refractivity contribution < 1.29 is 14.4 Å². The van der Waals surface area contributed by atoms with Gasteiger partial charge in [-0.2, -0.15) is 0 Å². The van der Waals surface area contributed by atoms with Crippen LogP contribution in [0.4, 0.5) is 11.4 Å². The van der Waals surface area contributed by atoms with E-state index < -0.39 is 0 Å². The highest BCUT2D eigenvalue weighted by atomic mass is 16.2. The molecule has 0 unspecified atom stereocenters. The highest BCUT2D eigenvalue weighted by Crippen LogP contribution is 2.29. The molecule has 0 fully saturated rings. The lowest BCUT2D eigenvalue weighted by Crippen LogP contribution is -2.29. The van der Waals surface area contributed by atoms with E-state index in [0.29, 0.717) is 28.1 Å². The van der Waals surface area contributed by atoms with Crippen LogP contribution in [0.3, 0.4) is 0 Å². The van der Waals surface area contributed by atoms with Gasteiger partial charge >= 0.3 is 0 Å². The number of carbonyl (C=O) groups is 3. The topological polar surface area (TPSA) is 79.4 Å². The molecule has 1 aliphatic heterocycles. The smallest absolute Gasteiger partial charge is 0.266 e. The van der Waals surface area contributed by atoms with Gasteiger partial charge in [0, 0.05) is 17.1 Å². The van der Waals surface area contributed by atoms with E-state index in [0.717, 1.165) is 21.4 Å². The van der Waals surface area contributed by atoms with Gasteiger partial charge in [0.2, 0.25) is 0 Å². The number of benzene rings is 3. The van der Waals surface area contributed by atoms with Crippen LogP contribution in [0, 0.1) is 6.92 Å². The highest BCUT2D eigenvalue weighted by molar-refractivity contribution is 6.34. The van der Waals surface area contributed by atoms with Crippen LogP contribution in [-0.4, -0.2) is 22.7 Å². The lowest BCUT2D eigenvalue weighted by atomic mass is 10.1. The molecule has 6 heteroatoms. The number of nitrogens with one attached hydrogen (secondary N) is 1. The zero-order valence-electron chi connectivity index (χ0n) is 16.6. The van der Waals surface area contributed by atoms with Gasteiger partial charge in [-0.05, 0) is 61.5 Å². The Morgan fingerprint density at radius 2 is 1.55 bits per heavy atom. The van der Waals surface area contributed by atoms with E-state index in [1.165, 1.54) is 0 Å². The molecule has 0 bridgehead atoms. The first-order chi connectivity index (χ1) is 15.0. The van der Waals surface area contributed by atoms with Crippen LogP contribution in [0.5, 0.6) is 0 Å². The molecule has 3 amide bonds. The third-order valence-electron chi connectivity index (χ3n) is 5.33. The first kappa shape index (κ1) is 18.7. The molecule has 4 aromatic rings. The molecule has 0 saturated heterocycles. The molecule has 1 N–H and O–H groups in total. The second kappa shape index (κ2) is 7.18. The minimum atomic E-state index is -0.364. The van der Waals surface area contributed by atoms with Crippen molar-refractivity contribution in [2.24, 2.45) is 0 Å². The van der Waals surface area contributed by atoms with Crippen molar-refractivity contribution in [1.82, 2.24) is 4.98 Å². The maximum atomic E-state index is 12.8. The molecular formula is C25H17N3O3. The predicted molar refractivity (Wildman–Crippen MR) is 118 cm³/mol. The SMILES string of the molecule is Cc1ccc2nccc(NC(=O)c3ccc(N4C(=O)c5ccccc5C4=O)cc3)c2c1. The first-order valence-corrected chi connectivity index (χ1v) is 9.77. The molecule has 1 aliphatic rings. The number of aromatic nitrogens is 1. The Hall–Kier alpha value is -4.32. The van der Waals surface area contributed by atoms with E-state index in [1.807, 2.05) is 25.1 Å². The molecule has 1 aromatic heterocycles. The molecule has 2 heterocycles. The quantitative estimate of drug-likeness (QED) is 0.504. The monoisotopic (exact) mass is 407 g/mol. The number of hydrogen-bond donors (Lipinski definition) is 1. The summed E-state index contributed by atoms with van der Waals surface area (Å²) >= 11 is 0. The molecule has 31 heavy (non-hydrogen) atoms. The van der Waals surface area contributed by atoms with Gasteiger partial charge in [0.1, 0.15) is 0 Å². The molecule has 0 atom stereocenters. The van der Waals surface area contributed by atoms with Crippen molar-refractivity contribution in [1.29, 1.82) is 0 Å². The normalized spacial score (nSPS) is 12.9. The number of carbonyl (C=O) groups excluding carboxylic acids is 3. The zero-order chi connectivity index (χ0) is 21.5. The maximum absolute atomic E-state index is 12.8. The number of nitrogens with zero attached hydrogens (tertiary/aromatic N) is 2. The molecular weight excluding hydrogens is 390 g/mol. The van der Waals surface area contributed by atoms with Gasteiger partial charge in [-0.25, -0.2) is 4.90 Å². The lowest BCUT2D eigenvalue weighted by Gasteiger charge is -2.14. The number of aryl methyl sites for hydroxylation is 1. The summed E-state index contributed by atoms with van der Waals surface area (Å²) in [4.78, 5) is 43.5. The molecule has 3 aromatic carbocycles. The van der Waals surface area contributed by atoms with Gasteiger partial charge in [0.05, 0.1) is 28.0 Å². The van der Waals surface area contributed by atoms with Crippen LogP contribution in [0.25, 0.3) is 10.9 Å². The summed E-state index contributed by atoms with van der Waals surface area (Å²) < 4.78 is 0. The second-order valence-corrected chi connectivity index (χ2v) is 7.37. The summed E-state index contributed by atoms with van der Waals surface area (Å²) in [6.45, 7) is 1.98. The summed E-state index contributed by atoms with van der Waals surface area (Å²) in [7, 11) is 0.